The average molecular weight is 227 g/mol. The van der Waals surface area contributed by atoms with Gasteiger partial charge in [-0.15, -0.1) is 0 Å². The Bertz CT molecular complexity index is 294. The van der Waals surface area contributed by atoms with Crippen molar-refractivity contribution in [2.45, 2.75) is 25.6 Å². The van der Waals surface area contributed by atoms with Crippen LogP contribution in [0.25, 0.3) is 0 Å². The molecule has 5 nitrogen and oxygen atoms in total. The second kappa shape index (κ2) is 4.09. The smallest absolute Gasteiger partial charge is 0.333 e. The SMILES string of the molecule is C[C@@H]1C[C@H](COS(N)(=O)=O)[C@@H](O)[C@@H]1F. The summed E-state index contributed by atoms with van der Waals surface area (Å²) in [4.78, 5) is 0. The van der Waals surface area contributed by atoms with Crippen molar-refractivity contribution in [1.82, 2.24) is 0 Å². The molecule has 0 bridgehead atoms. The number of aliphatic hydroxyl groups is 1. The number of rotatable bonds is 3. The Morgan fingerprint density at radius 1 is 1.64 bits per heavy atom. The highest BCUT2D eigenvalue weighted by molar-refractivity contribution is 7.84. The number of alkyl halides is 1. The zero-order chi connectivity index (χ0) is 10.9. The molecule has 84 valence electrons. The second-order valence-electron chi connectivity index (χ2n) is 3.69. The molecule has 0 aromatic heterocycles. The number of hydrogen-bond acceptors (Lipinski definition) is 4. The summed E-state index contributed by atoms with van der Waals surface area (Å²) >= 11 is 0. The van der Waals surface area contributed by atoms with Crippen molar-refractivity contribution < 1.29 is 22.1 Å². The molecule has 0 aliphatic heterocycles. The summed E-state index contributed by atoms with van der Waals surface area (Å²) < 4.78 is 38.3. The molecular formula is C7H14FNO4S. The molecule has 0 saturated heterocycles. The standard InChI is InChI=1S/C7H14FNO4S/c1-4-2-5(7(10)6(4)8)3-13-14(9,11)12/h4-7,10H,2-3H2,1H3,(H2,9,11,12)/t4-,5-,6-,7-/m1/s1. The maximum atomic E-state index is 13.1. The molecule has 1 saturated carbocycles. The lowest BCUT2D eigenvalue weighted by molar-refractivity contribution is 0.0453. The minimum Gasteiger partial charge on any atom is -0.390 e. The van der Waals surface area contributed by atoms with Crippen LogP contribution in [-0.4, -0.2) is 32.4 Å². The van der Waals surface area contributed by atoms with Crippen molar-refractivity contribution in [1.29, 1.82) is 0 Å². The molecule has 0 heterocycles. The van der Waals surface area contributed by atoms with E-state index in [-0.39, 0.29) is 12.5 Å². The van der Waals surface area contributed by atoms with Gasteiger partial charge in [-0.05, 0) is 12.3 Å². The third kappa shape index (κ3) is 2.88. The monoisotopic (exact) mass is 227 g/mol. The summed E-state index contributed by atoms with van der Waals surface area (Å²) in [5.74, 6) is -0.780. The van der Waals surface area contributed by atoms with Gasteiger partial charge in [-0.25, -0.2) is 9.53 Å². The van der Waals surface area contributed by atoms with Crippen LogP contribution in [0.3, 0.4) is 0 Å². The summed E-state index contributed by atoms with van der Waals surface area (Å²) in [6, 6.07) is 0. The number of nitrogens with two attached hydrogens (primary N) is 1. The largest absolute Gasteiger partial charge is 0.390 e. The van der Waals surface area contributed by atoms with Gasteiger partial charge in [0.2, 0.25) is 0 Å². The molecule has 0 aromatic rings. The Labute approximate surface area is 82.3 Å². The van der Waals surface area contributed by atoms with E-state index < -0.39 is 28.5 Å². The van der Waals surface area contributed by atoms with Crippen molar-refractivity contribution >= 4 is 10.3 Å². The molecule has 0 spiro atoms. The van der Waals surface area contributed by atoms with Crippen LogP contribution in [0.4, 0.5) is 4.39 Å². The van der Waals surface area contributed by atoms with Crippen LogP contribution in [0.15, 0.2) is 0 Å². The first kappa shape index (κ1) is 11.8. The van der Waals surface area contributed by atoms with E-state index in [0.717, 1.165) is 0 Å². The maximum Gasteiger partial charge on any atom is 0.333 e. The van der Waals surface area contributed by atoms with Gasteiger partial charge in [-0.3, -0.25) is 4.18 Å². The molecule has 0 radical (unpaired) electrons. The van der Waals surface area contributed by atoms with Gasteiger partial charge in [0, 0.05) is 5.92 Å². The molecule has 3 N–H and O–H groups in total. The Morgan fingerprint density at radius 2 is 2.21 bits per heavy atom. The van der Waals surface area contributed by atoms with E-state index in [1.165, 1.54) is 0 Å². The van der Waals surface area contributed by atoms with E-state index in [0.29, 0.717) is 6.42 Å². The van der Waals surface area contributed by atoms with Crippen LogP contribution in [0.2, 0.25) is 0 Å². The second-order valence-corrected chi connectivity index (χ2v) is 4.91. The highest BCUT2D eigenvalue weighted by Gasteiger charge is 2.40. The molecular weight excluding hydrogens is 213 g/mol. The minimum atomic E-state index is -4.00. The predicted molar refractivity (Wildman–Crippen MR) is 47.2 cm³/mol. The van der Waals surface area contributed by atoms with Gasteiger partial charge in [0.1, 0.15) is 6.17 Å². The fraction of sp³-hybridized carbons (Fsp3) is 1.00. The van der Waals surface area contributed by atoms with E-state index >= 15 is 0 Å². The fourth-order valence-electron chi connectivity index (χ4n) is 1.69. The van der Waals surface area contributed by atoms with Gasteiger partial charge >= 0.3 is 10.3 Å². The first-order valence-electron chi connectivity index (χ1n) is 4.30. The van der Waals surface area contributed by atoms with Crippen LogP contribution < -0.4 is 5.14 Å². The van der Waals surface area contributed by atoms with Crippen molar-refractivity contribution in [2.75, 3.05) is 6.61 Å². The average Bonchev–Trinajstić information content (AvgIpc) is 2.28. The lowest BCUT2D eigenvalue weighted by atomic mass is 10.1. The van der Waals surface area contributed by atoms with Crippen molar-refractivity contribution in [3.63, 3.8) is 0 Å². The van der Waals surface area contributed by atoms with Crippen LogP contribution in [0.5, 0.6) is 0 Å². The number of aliphatic hydroxyl groups excluding tert-OH is 1. The van der Waals surface area contributed by atoms with E-state index in [9.17, 15) is 17.9 Å². The van der Waals surface area contributed by atoms with Crippen LogP contribution in [0, 0.1) is 11.8 Å². The Morgan fingerprint density at radius 3 is 2.57 bits per heavy atom. The summed E-state index contributed by atoms with van der Waals surface area (Å²) in [5, 5.41) is 13.9. The topological polar surface area (TPSA) is 89.6 Å². The maximum absolute atomic E-state index is 13.1. The van der Waals surface area contributed by atoms with Crippen LogP contribution >= 0.6 is 0 Å². The summed E-state index contributed by atoms with van der Waals surface area (Å²) in [7, 11) is -4.00. The highest BCUT2D eigenvalue weighted by Crippen LogP contribution is 2.33. The molecule has 0 amide bonds. The lowest BCUT2D eigenvalue weighted by Crippen LogP contribution is -2.28. The van der Waals surface area contributed by atoms with E-state index in [4.69, 9.17) is 0 Å². The number of halogens is 1. The normalized spacial score (nSPS) is 38.9. The van der Waals surface area contributed by atoms with Gasteiger partial charge in [0.25, 0.3) is 0 Å². The highest BCUT2D eigenvalue weighted by atomic mass is 32.2. The van der Waals surface area contributed by atoms with Gasteiger partial charge < -0.3 is 5.11 Å². The zero-order valence-corrected chi connectivity index (χ0v) is 8.58. The zero-order valence-electron chi connectivity index (χ0n) is 7.76. The van der Waals surface area contributed by atoms with E-state index in [1.807, 2.05) is 0 Å². The summed E-state index contributed by atoms with van der Waals surface area (Å²) in [6.45, 7) is 1.40. The molecule has 0 unspecified atom stereocenters. The minimum absolute atomic E-state index is 0.259. The van der Waals surface area contributed by atoms with E-state index in [2.05, 4.69) is 9.32 Å². The van der Waals surface area contributed by atoms with Crippen molar-refractivity contribution in [2.24, 2.45) is 17.0 Å². The third-order valence-electron chi connectivity index (χ3n) is 2.47. The predicted octanol–water partition coefficient (Wildman–Crippen LogP) is -0.439. The molecule has 1 aliphatic rings. The Hall–Kier alpha value is -0.240. The van der Waals surface area contributed by atoms with E-state index in [1.54, 1.807) is 6.92 Å². The van der Waals surface area contributed by atoms with Crippen molar-refractivity contribution in [3.05, 3.63) is 0 Å². The molecule has 1 aliphatic carbocycles. The molecule has 0 aromatic carbocycles. The van der Waals surface area contributed by atoms with Crippen LogP contribution in [-0.2, 0) is 14.5 Å². The van der Waals surface area contributed by atoms with Gasteiger partial charge in [-0.2, -0.15) is 8.42 Å². The van der Waals surface area contributed by atoms with Gasteiger partial charge in [-0.1, -0.05) is 6.92 Å². The third-order valence-corrected chi connectivity index (χ3v) is 2.94. The summed E-state index contributed by atoms with van der Waals surface area (Å²) in [5.41, 5.74) is 0. The van der Waals surface area contributed by atoms with Gasteiger partial charge in [0.15, 0.2) is 0 Å². The Balaban J connectivity index is 2.48. The fourth-order valence-corrected chi connectivity index (χ4v) is 2.06. The quantitative estimate of drug-likeness (QED) is 0.684. The number of hydrogen-bond donors (Lipinski definition) is 2. The van der Waals surface area contributed by atoms with Crippen LogP contribution in [0.1, 0.15) is 13.3 Å². The van der Waals surface area contributed by atoms with Crippen molar-refractivity contribution in [3.8, 4) is 0 Å². The molecule has 1 fully saturated rings. The Kier molecular flexibility index (Phi) is 3.46. The molecule has 7 heteroatoms. The lowest BCUT2D eigenvalue weighted by Gasteiger charge is -2.13. The molecule has 4 atom stereocenters. The first-order valence-corrected chi connectivity index (χ1v) is 5.77. The molecule has 1 rings (SSSR count). The summed E-state index contributed by atoms with van der Waals surface area (Å²) in [6.07, 6.45) is -2.08. The molecule has 14 heavy (non-hydrogen) atoms. The first-order chi connectivity index (χ1) is 6.31. The van der Waals surface area contributed by atoms with Gasteiger partial charge in [0.05, 0.1) is 12.7 Å².